The number of benzene rings is 1. The van der Waals surface area contributed by atoms with Crippen LogP contribution in [-0.2, 0) is 16.6 Å². The second-order valence-electron chi connectivity index (χ2n) is 6.52. The Hall–Kier alpha value is -1.90. The molecule has 9 heteroatoms. The van der Waals surface area contributed by atoms with Gasteiger partial charge < -0.3 is 4.90 Å². The quantitative estimate of drug-likeness (QED) is 0.775. The van der Waals surface area contributed by atoms with Crippen LogP contribution >= 0.6 is 11.6 Å². The van der Waals surface area contributed by atoms with Crippen LogP contribution in [0.4, 0.5) is 0 Å². The highest BCUT2D eigenvalue weighted by molar-refractivity contribution is 7.89. The van der Waals surface area contributed by atoms with Crippen molar-refractivity contribution < 1.29 is 13.2 Å². The van der Waals surface area contributed by atoms with E-state index in [1.54, 1.807) is 47.7 Å². The van der Waals surface area contributed by atoms with Gasteiger partial charge in [-0.2, -0.15) is 9.40 Å². The van der Waals surface area contributed by atoms with Gasteiger partial charge in [0.05, 0.1) is 11.4 Å². The van der Waals surface area contributed by atoms with E-state index in [1.165, 1.54) is 4.31 Å². The predicted octanol–water partition coefficient (Wildman–Crippen LogP) is 2.32. The van der Waals surface area contributed by atoms with Crippen LogP contribution in [0.15, 0.2) is 29.2 Å². The lowest BCUT2D eigenvalue weighted by molar-refractivity contribution is 0.0698. The van der Waals surface area contributed by atoms with Gasteiger partial charge in [-0.3, -0.25) is 9.48 Å². The molecular weight excluding hydrogens is 388 g/mol. The molecule has 0 atom stereocenters. The normalized spacial score (nSPS) is 15.9. The standard InChI is InChI=1S/C18H23ClN4O3S/c1-4-23-14(3)17(13(2)20-23)27(25,26)22-10-8-21(9-11-22)18(24)15-6-5-7-16(19)12-15/h5-7,12H,4,8-11H2,1-3H3. The van der Waals surface area contributed by atoms with Crippen molar-refractivity contribution in [3.05, 3.63) is 46.2 Å². The summed E-state index contributed by atoms with van der Waals surface area (Å²) in [6.45, 7) is 7.21. The molecule has 1 fully saturated rings. The summed E-state index contributed by atoms with van der Waals surface area (Å²) in [5, 5.41) is 4.82. The van der Waals surface area contributed by atoms with Crippen LogP contribution in [-0.4, -0.2) is 59.5 Å². The predicted molar refractivity (Wildman–Crippen MR) is 103 cm³/mol. The van der Waals surface area contributed by atoms with E-state index in [0.29, 0.717) is 41.6 Å². The maximum atomic E-state index is 13.1. The molecule has 1 amide bonds. The van der Waals surface area contributed by atoms with Gasteiger partial charge in [0, 0.05) is 43.3 Å². The third-order valence-electron chi connectivity index (χ3n) is 4.81. The Morgan fingerprint density at radius 3 is 2.41 bits per heavy atom. The first-order valence-electron chi connectivity index (χ1n) is 8.84. The molecule has 0 radical (unpaired) electrons. The molecule has 2 aromatic rings. The molecule has 0 aliphatic carbocycles. The number of hydrogen-bond donors (Lipinski definition) is 0. The lowest BCUT2D eigenvalue weighted by Gasteiger charge is -2.34. The number of aryl methyl sites for hydroxylation is 2. The van der Waals surface area contributed by atoms with Gasteiger partial charge in [0.2, 0.25) is 10.0 Å². The highest BCUT2D eigenvalue weighted by atomic mass is 35.5. The van der Waals surface area contributed by atoms with E-state index >= 15 is 0 Å². The molecule has 7 nitrogen and oxygen atoms in total. The van der Waals surface area contributed by atoms with Crippen molar-refractivity contribution in [1.82, 2.24) is 19.0 Å². The fourth-order valence-electron chi connectivity index (χ4n) is 3.43. The van der Waals surface area contributed by atoms with Crippen molar-refractivity contribution in [2.45, 2.75) is 32.2 Å². The summed E-state index contributed by atoms with van der Waals surface area (Å²) in [4.78, 5) is 14.6. The summed E-state index contributed by atoms with van der Waals surface area (Å²) in [5.74, 6) is -0.138. The number of carbonyl (C=O) groups excluding carboxylic acids is 1. The first-order valence-corrected chi connectivity index (χ1v) is 10.7. The Bertz CT molecular complexity index is 963. The first kappa shape index (κ1) is 19.9. The Morgan fingerprint density at radius 1 is 1.19 bits per heavy atom. The fourth-order valence-corrected chi connectivity index (χ4v) is 5.41. The van der Waals surface area contributed by atoms with Crippen molar-refractivity contribution in [3.63, 3.8) is 0 Å². The monoisotopic (exact) mass is 410 g/mol. The molecule has 1 aromatic carbocycles. The summed E-state index contributed by atoms with van der Waals surface area (Å²) in [7, 11) is -3.64. The Labute approximate surface area is 164 Å². The average Bonchev–Trinajstić information content (AvgIpc) is 2.95. The SMILES string of the molecule is CCn1nc(C)c(S(=O)(=O)N2CCN(C(=O)c3cccc(Cl)c3)CC2)c1C. The molecule has 0 unspecified atom stereocenters. The molecule has 1 aromatic heterocycles. The highest BCUT2D eigenvalue weighted by Crippen LogP contribution is 2.25. The van der Waals surface area contributed by atoms with Crippen molar-refractivity contribution in [3.8, 4) is 0 Å². The highest BCUT2D eigenvalue weighted by Gasteiger charge is 2.34. The van der Waals surface area contributed by atoms with Crippen LogP contribution in [0.2, 0.25) is 5.02 Å². The van der Waals surface area contributed by atoms with Gasteiger partial charge >= 0.3 is 0 Å². The second-order valence-corrected chi connectivity index (χ2v) is 8.83. The number of carbonyl (C=O) groups is 1. The van der Waals surface area contributed by atoms with Gasteiger partial charge in [-0.15, -0.1) is 0 Å². The van der Waals surface area contributed by atoms with Gasteiger partial charge in [0.15, 0.2) is 0 Å². The number of aromatic nitrogens is 2. The minimum atomic E-state index is -3.64. The van der Waals surface area contributed by atoms with Gasteiger partial charge in [0.1, 0.15) is 4.90 Å². The minimum Gasteiger partial charge on any atom is -0.336 e. The summed E-state index contributed by atoms with van der Waals surface area (Å²) < 4.78 is 29.3. The van der Waals surface area contributed by atoms with Crippen molar-refractivity contribution in [2.24, 2.45) is 0 Å². The van der Waals surface area contributed by atoms with E-state index in [1.807, 2.05) is 6.92 Å². The van der Waals surface area contributed by atoms with Crippen LogP contribution in [0.3, 0.4) is 0 Å². The fraction of sp³-hybridized carbons (Fsp3) is 0.444. The van der Waals surface area contributed by atoms with Crippen LogP contribution < -0.4 is 0 Å². The van der Waals surface area contributed by atoms with E-state index < -0.39 is 10.0 Å². The van der Waals surface area contributed by atoms with Crippen molar-refractivity contribution >= 4 is 27.5 Å². The van der Waals surface area contributed by atoms with Gasteiger partial charge in [-0.05, 0) is 39.0 Å². The molecule has 0 N–H and O–H groups in total. The Kier molecular flexibility index (Phi) is 5.60. The van der Waals surface area contributed by atoms with Crippen LogP contribution in [0.1, 0.15) is 28.7 Å². The van der Waals surface area contributed by atoms with Gasteiger partial charge in [-0.25, -0.2) is 8.42 Å². The molecule has 0 spiro atoms. The third-order valence-corrected chi connectivity index (χ3v) is 7.20. The van der Waals surface area contributed by atoms with E-state index in [0.717, 1.165) is 0 Å². The first-order chi connectivity index (χ1) is 12.8. The Balaban J connectivity index is 1.75. The van der Waals surface area contributed by atoms with Gasteiger partial charge in [0.25, 0.3) is 5.91 Å². The van der Waals surface area contributed by atoms with Crippen LogP contribution in [0, 0.1) is 13.8 Å². The zero-order chi connectivity index (χ0) is 19.8. The topological polar surface area (TPSA) is 75.5 Å². The summed E-state index contributed by atoms with van der Waals surface area (Å²) >= 11 is 5.96. The molecule has 1 aliphatic heterocycles. The Morgan fingerprint density at radius 2 is 1.85 bits per heavy atom. The number of sulfonamides is 1. The smallest absolute Gasteiger partial charge is 0.253 e. The largest absolute Gasteiger partial charge is 0.336 e. The van der Waals surface area contributed by atoms with Crippen LogP contribution in [0.5, 0.6) is 0 Å². The second kappa shape index (κ2) is 7.61. The summed E-state index contributed by atoms with van der Waals surface area (Å²) in [5.41, 5.74) is 1.66. The molecular formula is C18H23ClN4O3S. The third kappa shape index (κ3) is 3.74. The number of hydrogen-bond acceptors (Lipinski definition) is 4. The number of nitrogens with zero attached hydrogens (tertiary/aromatic N) is 4. The number of rotatable bonds is 4. The number of halogens is 1. The summed E-state index contributed by atoms with van der Waals surface area (Å²) in [6, 6.07) is 6.78. The molecule has 27 heavy (non-hydrogen) atoms. The summed E-state index contributed by atoms with van der Waals surface area (Å²) in [6.07, 6.45) is 0. The van der Waals surface area contributed by atoms with Gasteiger partial charge in [-0.1, -0.05) is 17.7 Å². The molecule has 2 heterocycles. The lowest BCUT2D eigenvalue weighted by Crippen LogP contribution is -2.50. The number of piperazine rings is 1. The van der Waals surface area contributed by atoms with E-state index in [9.17, 15) is 13.2 Å². The number of amides is 1. The van der Waals surface area contributed by atoms with Crippen molar-refractivity contribution in [1.29, 1.82) is 0 Å². The molecule has 1 aliphatic rings. The molecule has 1 saturated heterocycles. The lowest BCUT2D eigenvalue weighted by atomic mass is 10.2. The maximum Gasteiger partial charge on any atom is 0.253 e. The van der Waals surface area contributed by atoms with Crippen LogP contribution in [0.25, 0.3) is 0 Å². The zero-order valence-electron chi connectivity index (χ0n) is 15.6. The molecule has 3 rings (SSSR count). The molecule has 0 saturated carbocycles. The van der Waals surface area contributed by atoms with Crippen molar-refractivity contribution in [2.75, 3.05) is 26.2 Å². The molecule has 146 valence electrons. The average molecular weight is 411 g/mol. The van der Waals surface area contributed by atoms with E-state index in [-0.39, 0.29) is 23.9 Å². The minimum absolute atomic E-state index is 0.138. The zero-order valence-corrected chi connectivity index (χ0v) is 17.2. The van der Waals surface area contributed by atoms with E-state index in [2.05, 4.69) is 5.10 Å². The van der Waals surface area contributed by atoms with E-state index in [4.69, 9.17) is 11.6 Å². The molecule has 0 bridgehead atoms. The maximum absolute atomic E-state index is 13.1.